The van der Waals surface area contributed by atoms with Gasteiger partial charge in [-0.3, -0.25) is 9.59 Å². The molecule has 0 saturated heterocycles. The number of nitrogens with two attached hydrogens (primary N) is 1. The first-order valence-electron chi connectivity index (χ1n) is 26.8. The maximum Gasteiger partial charge on any atom is 0.340 e. The molecule has 12 aliphatic rings. The number of halogens is 3. The third-order valence-electron chi connectivity index (χ3n) is 18.1. The van der Waals surface area contributed by atoms with E-state index < -0.39 is 17.2 Å². The van der Waals surface area contributed by atoms with Gasteiger partial charge in [0.05, 0.1) is 63.1 Å². The van der Waals surface area contributed by atoms with Gasteiger partial charge in [0.2, 0.25) is 0 Å². The number of hydrogen-bond acceptors (Lipinski definition) is 10. The van der Waals surface area contributed by atoms with Crippen molar-refractivity contribution in [2.75, 3.05) is 0 Å². The number of aromatic nitrogens is 6. The number of aliphatic hydroxyl groups is 3. The highest BCUT2D eigenvalue weighted by Gasteiger charge is 2.57. The van der Waals surface area contributed by atoms with E-state index in [1.165, 1.54) is 23.7 Å². The molecule has 19 heteroatoms. The van der Waals surface area contributed by atoms with Crippen LogP contribution >= 0.6 is 34.8 Å². The molecule has 6 unspecified atom stereocenters. The van der Waals surface area contributed by atoms with E-state index in [0.29, 0.717) is 74.8 Å². The molecule has 12 aliphatic carbocycles. The van der Waals surface area contributed by atoms with E-state index in [1.807, 2.05) is 62.3 Å². The Bertz CT molecular complexity index is 2410. The topological polar surface area (TPSA) is 236 Å². The van der Waals surface area contributed by atoms with E-state index in [1.54, 1.807) is 21.8 Å². The summed E-state index contributed by atoms with van der Waals surface area (Å²) in [6, 6.07) is 0.716. The van der Waals surface area contributed by atoms with Crippen molar-refractivity contribution >= 4 is 52.6 Å². The van der Waals surface area contributed by atoms with E-state index in [2.05, 4.69) is 25.9 Å². The van der Waals surface area contributed by atoms with Gasteiger partial charge in [0.15, 0.2) is 0 Å². The quantitative estimate of drug-likeness (QED) is 0.128. The van der Waals surface area contributed by atoms with Crippen LogP contribution in [-0.4, -0.2) is 102 Å². The molecular weight excluding hydrogens is 993 g/mol. The Morgan fingerprint density at radius 3 is 1.01 bits per heavy atom. The molecule has 0 spiro atoms. The largest absolute Gasteiger partial charge is 0.478 e. The lowest BCUT2D eigenvalue weighted by molar-refractivity contribution is -0.137. The average Bonchev–Trinajstić information content (AvgIpc) is 3.97. The number of nitrogens with zero attached hydrogens (tertiary/aromatic N) is 6. The van der Waals surface area contributed by atoms with Crippen LogP contribution in [0, 0.1) is 53.3 Å². The molecule has 3 aromatic rings. The second-order valence-electron chi connectivity index (χ2n) is 27.3. The number of hydrogen-bond donors (Lipinski definition) is 7. The maximum absolute atomic E-state index is 12.8. The lowest BCUT2D eigenvalue weighted by Gasteiger charge is -2.58. The number of carbonyl (C=O) groups excluding carboxylic acids is 2. The van der Waals surface area contributed by atoms with Crippen LogP contribution < -0.4 is 16.4 Å². The lowest BCUT2D eigenvalue weighted by Crippen LogP contribution is -2.61. The minimum atomic E-state index is -1.06. The zero-order valence-corrected chi connectivity index (χ0v) is 46.4. The second kappa shape index (κ2) is 19.3. The summed E-state index contributed by atoms with van der Waals surface area (Å²) in [5.74, 6) is 3.57. The number of carbonyl (C=O) groups is 3. The summed E-state index contributed by atoms with van der Waals surface area (Å²) in [4.78, 5) is 36.2. The second-order valence-corrected chi connectivity index (χ2v) is 28.3. The zero-order chi connectivity index (χ0) is 53.1. The van der Waals surface area contributed by atoms with Crippen molar-refractivity contribution in [3.63, 3.8) is 0 Å². The molecule has 2 amide bonds. The van der Waals surface area contributed by atoms with Crippen molar-refractivity contribution < 1.29 is 34.8 Å². The Kier molecular flexibility index (Phi) is 14.4. The molecule has 73 heavy (non-hydrogen) atoms. The summed E-state index contributed by atoms with van der Waals surface area (Å²) in [5.41, 5.74) is 4.96. The monoisotopic (exact) mass is 1070 g/mol. The van der Waals surface area contributed by atoms with Crippen LogP contribution in [0.3, 0.4) is 0 Å². The van der Waals surface area contributed by atoms with E-state index in [4.69, 9.17) is 45.6 Å². The van der Waals surface area contributed by atoms with Crippen LogP contribution in [0.4, 0.5) is 0 Å². The predicted molar refractivity (Wildman–Crippen MR) is 280 cm³/mol. The van der Waals surface area contributed by atoms with Gasteiger partial charge in [-0.25, -0.2) is 18.8 Å². The Morgan fingerprint density at radius 2 is 0.767 bits per heavy atom. The van der Waals surface area contributed by atoms with Crippen LogP contribution in [0.5, 0.6) is 0 Å². The number of rotatable bonds is 5. The highest BCUT2D eigenvalue weighted by atomic mass is 35.5. The molecule has 0 aromatic carbocycles. The standard InChI is InChI=1S/2C18H26ClN3O2.C10H17NO.C8H11ClN2O2/c2*1-17(2,3)22-15(19)13(9-20-22)16(23)21-14-11-4-10-5-12(14)8-18(24,6-10)7-11;11-9-7-1-6-2-8(9)5-10(12,3-6)4-7;1-8(2,3)11-6(9)5(4-10-11)7(12)13/h2*9-12,14,24H,4-8H2,1-3H3,(H,21,23);6-9,12H,1-5,11H2;4H,1-3H3,(H,12,13). The minimum absolute atomic E-state index is 0.0385. The fraction of sp³-hybridized carbons (Fsp3) is 0.778. The van der Waals surface area contributed by atoms with Gasteiger partial charge >= 0.3 is 5.97 Å². The Labute approximate surface area is 445 Å². The summed E-state index contributed by atoms with van der Waals surface area (Å²) in [6.07, 6.45) is 19.7. The molecule has 6 atom stereocenters. The molecule has 3 heterocycles. The molecule has 12 fully saturated rings. The maximum atomic E-state index is 12.8. The van der Waals surface area contributed by atoms with Gasteiger partial charge in [-0.2, -0.15) is 15.3 Å². The van der Waals surface area contributed by atoms with Crippen LogP contribution in [0.15, 0.2) is 18.6 Å². The third kappa shape index (κ3) is 11.0. The van der Waals surface area contributed by atoms with Gasteiger partial charge in [0.1, 0.15) is 21.0 Å². The fourth-order valence-electron chi connectivity index (χ4n) is 15.8. The third-order valence-corrected chi connectivity index (χ3v) is 19.2. The number of carboxylic acid groups (broad SMARTS) is 1. The van der Waals surface area contributed by atoms with E-state index >= 15 is 0 Å². The van der Waals surface area contributed by atoms with Crippen molar-refractivity contribution in [1.29, 1.82) is 0 Å². The highest BCUT2D eigenvalue weighted by Crippen LogP contribution is 2.58. The van der Waals surface area contributed by atoms with Crippen LogP contribution in [0.1, 0.15) is 190 Å². The van der Waals surface area contributed by atoms with E-state index in [9.17, 15) is 29.7 Å². The molecule has 15 rings (SSSR count). The lowest BCUT2D eigenvalue weighted by atomic mass is 9.52. The molecule has 0 aliphatic heterocycles. The molecule has 404 valence electrons. The van der Waals surface area contributed by atoms with Crippen molar-refractivity contribution in [2.45, 2.75) is 210 Å². The summed E-state index contributed by atoms with van der Waals surface area (Å²) in [5, 5.41) is 60.1. The van der Waals surface area contributed by atoms with Gasteiger partial charge < -0.3 is 36.8 Å². The average molecular weight is 1070 g/mol. The summed E-state index contributed by atoms with van der Waals surface area (Å²) >= 11 is 18.6. The number of nitrogens with one attached hydrogen (secondary N) is 2. The number of aromatic carboxylic acids is 1. The van der Waals surface area contributed by atoms with Gasteiger partial charge in [-0.05, 0) is 212 Å². The van der Waals surface area contributed by atoms with Crippen molar-refractivity contribution in [2.24, 2.45) is 59.0 Å². The molecule has 3 aromatic heterocycles. The normalized spacial score (nSPS) is 37.2. The molecule has 0 radical (unpaired) electrons. The van der Waals surface area contributed by atoms with Gasteiger partial charge in [-0.1, -0.05) is 34.8 Å². The van der Waals surface area contributed by atoms with E-state index in [0.717, 1.165) is 89.4 Å². The highest BCUT2D eigenvalue weighted by molar-refractivity contribution is 6.33. The molecule has 16 nitrogen and oxygen atoms in total. The Balaban J connectivity index is 0.000000125. The predicted octanol–water partition coefficient (Wildman–Crippen LogP) is 8.80. The first-order chi connectivity index (χ1) is 33.8. The smallest absolute Gasteiger partial charge is 0.340 e. The summed E-state index contributed by atoms with van der Waals surface area (Å²) in [6.45, 7) is 17.7. The molecule has 12 bridgehead atoms. The molecule has 12 saturated carbocycles. The van der Waals surface area contributed by atoms with Crippen LogP contribution in [0.2, 0.25) is 15.5 Å². The van der Waals surface area contributed by atoms with Gasteiger partial charge in [0, 0.05) is 18.1 Å². The Morgan fingerprint density at radius 1 is 0.507 bits per heavy atom. The van der Waals surface area contributed by atoms with Crippen molar-refractivity contribution in [1.82, 2.24) is 40.0 Å². The van der Waals surface area contributed by atoms with Gasteiger partial charge in [-0.15, -0.1) is 0 Å². The fourth-order valence-corrected chi connectivity index (χ4v) is 17.1. The van der Waals surface area contributed by atoms with Crippen LogP contribution in [-0.2, 0) is 16.6 Å². The zero-order valence-electron chi connectivity index (χ0n) is 44.2. The van der Waals surface area contributed by atoms with Crippen molar-refractivity contribution in [3.8, 4) is 0 Å². The first-order valence-corrected chi connectivity index (χ1v) is 28.0. The first kappa shape index (κ1) is 54.5. The number of carboxylic acids is 1. The van der Waals surface area contributed by atoms with Crippen LogP contribution in [0.25, 0.3) is 0 Å². The molecular formula is C54H80Cl3N9O7. The van der Waals surface area contributed by atoms with Crippen molar-refractivity contribution in [3.05, 3.63) is 50.7 Å². The summed E-state index contributed by atoms with van der Waals surface area (Å²) < 4.78 is 4.85. The van der Waals surface area contributed by atoms with Gasteiger partial charge in [0.25, 0.3) is 11.8 Å². The Hall–Kier alpha value is -3.25. The van der Waals surface area contributed by atoms with E-state index in [-0.39, 0.29) is 56.8 Å². The molecule has 8 N–H and O–H groups in total. The minimum Gasteiger partial charge on any atom is -0.478 e. The SMILES string of the molecule is CC(C)(C)n1ncc(C(=O)NC2C3CC4CC2CC(O)(C4)C3)c1Cl.CC(C)(C)n1ncc(C(=O)NC2C3CC4CC2CC(O)(C4)C3)c1Cl.CC(C)(C)n1ncc(C(=O)O)c1Cl.NC1C2CC3CC1CC(O)(C3)C2. The number of amides is 2. The summed E-state index contributed by atoms with van der Waals surface area (Å²) in [7, 11) is 0.